The van der Waals surface area contributed by atoms with Crippen molar-refractivity contribution in [2.24, 2.45) is 0 Å². The highest BCUT2D eigenvalue weighted by atomic mass is 32.2. The van der Waals surface area contributed by atoms with Crippen molar-refractivity contribution in [3.05, 3.63) is 60.9 Å². The van der Waals surface area contributed by atoms with Gasteiger partial charge in [0, 0.05) is 12.1 Å². The van der Waals surface area contributed by atoms with Gasteiger partial charge in [-0.15, -0.1) is 5.10 Å². The first-order valence-corrected chi connectivity index (χ1v) is 9.11. The van der Waals surface area contributed by atoms with E-state index in [0.29, 0.717) is 11.4 Å². The minimum atomic E-state index is -3.48. The number of rotatable bonds is 6. The number of amides is 1. The third-order valence-corrected chi connectivity index (χ3v) is 5.18. The van der Waals surface area contributed by atoms with Crippen LogP contribution in [0.25, 0.3) is 5.69 Å². The molecule has 0 atom stereocenters. The zero-order valence-electron chi connectivity index (χ0n) is 13.1. The lowest BCUT2D eigenvalue weighted by atomic mass is 10.2. The molecule has 0 unspecified atom stereocenters. The fourth-order valence-electron chi connectivity index (χ4n) is 2.20. The van der Waals surface area contributed by atoms with Crippen molar-refractivity contribution in [1.82, 2.24) is 20.2 Å². The summed E-state index contributed by atoms with van der Waals surface area (Å²) in [5.74, 6) is -0.636. The molecule has 0 aliphatic rings. The first kappa shape index (κ1) is 16.8. The second-order valence-corrected chi connectivity index (χ2v) is 7.34. The Kier molecular flexibility index (Phi) is 4.85. The predicted molar refractivity (Wildman–Crippen MR) is 90.9 cm³/mol. The van der Waals surface area contributed by atoms with Gasteiger partial charge in [0.05, 0.1) is 16.3 Å². The van der Waals surface area contributed by atoms with Crippen molar-refractivity contribution in [2.45, 2.75) is 11.3 Å². The maximum Gasteiger partial charge on any atom is 0.225 e. The molecule has 3 aromatic rings. The molecule has 0 fully saturated rings. The second kappa shape index (κ2) is 7.22. The van der Waals surface area contributed by atoms with Gasteiger partial charge in [0.15, 0.2) is 9.84 Å². The van der Waals surface area contributed by atoms with Crippen molar-refractivity contribution in [3.63, 3.8) is 0 Å². The Morgan fingerprint density at radius 3 is 2.60 bits per heavy atom. The number of nitrogens with one attached hydrogen (secondary N) is 1. The van der Waals surface area contributed by atoms with Crippen molar-refractivity contribution in [3.8, 4) is 5.69 Å². The predicted octanol–water partition coefficient (Wildman–Crippen LogP) is 1.46. The van der Waals surface area contributed by atoms with Crippen LogP contribution in [0.4, 0.5) is 5.69 Å². The zero-order chi connectivity index (χ0) is 17.7. The summed E-state index contributed by atoms with van der Waals surface area (Å²) in [6, 6.07) is 15.0. The summed E-state index contributed by atoms with van der Waals surface area (Å²) in [6.45, 7) is 0. The molecule has 8 nitrogen and oxygen atoms in total. The Balaban J connectivity index is 1.63. The fraction of sp³-hybridized carbons (Fsp3) is 0.125. The van der Waals surface area contributed by atoms with Crippen LogP contribution >= 0.6 is 0 Å². The molecule has 25 heavy (non-hydrogen) atoms. The summed E-state index contributed by atoms with van der Waals surface area (Å²) in [6.07, 6.45) is 1.31. The third kappa shape index (κ3) is 4.27. The highest BCUT2D eigenvalue weighted by Gasteiger charge is 2.16. The van der Waals surface area contributed by atoms with Gasteiger partial charge in [0.25, 0.3) is 0 Å². The fourth-order valence-corrected chi connectivity index (χ4v) is 3.46. The first-order valence-electron chi connectivity index (χ1n) is 7.46. The number of anilines is 1. The maximum absolute atomic E-state index is 12.2. The lowest BCUT2D eigenvalue weighted by molar-refractivity contribution is -0.115. The molecule has 128 valence electrons. The van der Waals surface area contributed by atoms with Gasteiger partial charge in [0.2, 0.25) is 5.91 Å². The van der Waals surface area contributed by atoms with Gasteiger partial charge in [-0.05, 0) is 40.8 Å². The molecule has 0 radical (unpaired) electrons. The van der Waals surface area contributed by atoms with Crippen LogP contribution in [0.1, 0.15) is 6.42 Å². The van der Waals surface area contributed by atoms with E-state index in [1.807, 2.05) is 0 Å². The van der Waals surface area contributed by atoms with Gasteiger partial charge in [-0.2, -0.15) is 0 Å². The van der Waals surface area contributed by atoms with Gasteiger partial charge in [-0.3, -0.25) is 4.79 Å². The number of carbonyl (C=O) groups excluding carboxylic acids is 1. The molecule has 1 aromatic heterocycles. The van der Waals surface area contributed by atoms with Crippen LogP contribution in [0.3, 0.4) is 0 Å². The van der Waals surface area contributed by atoms with E-state index in [4.69, 9.17) is 0 Å². The highest BCUT2D eigenvalue weighted by molar-refractivity contribution is 7.91. The number of tetrazole rings is 1. The SMILES string of the molecule is O=C(CCS(=O)(=O)c1ccccc1)Nc1cccc(-n2cnnn2)c1. The molecule has 0 saturated carbocycles. The molecule has 1 N–H and O–H groups in total. The molecule has 1 amide bonds. The standard InChI is InChI=1S/C16H15N5O3S/c22-16(9-10-25(23,24)15-7-2-1-3-8-15)18-13-5-4-6-14(11-13)21-12-17-19-20-21/h1-8,11-12H,9-10H2,(H,18,22). The van der Waals surface area contributed by atoms with Gasteiger partial charge >= 0.3 is 0 Å². The van der Waals surface area contributed by atoms with E-state index < -0.39 is 9.84 Å². The summed E-state index contributed by atoms with van der Waals surface area (Å²) in [4.78, 5) is 12.3. The molecule has 3 rings (SSSR count). The van der Waals surface area contributed by atoms with Gasteiger partial charge in [-0.25, -0.2) is 13.1 Å². The smallest absolute Gasteiger partial charge is 0.225 e. The number of sulfone groups is 1. The van der Waals surface area contributed by atoms with Crippen LogP contribution in [0.5, 0.6) is 0 Å². The van der Waals surface area contributed by atoms with Crippen LogP contribution < -0.4 is 5.32 Å². The quantitative estimate of drug-likeness (QED) is 0.716. The molecular formula is C16H15N5O3S. The van der Waals surface area contributed by atoms with Crippen LogP contribution in [0.2, 0.25) is 0 Å². The maximum atomic E-state index is 12.2. The Hall–Kier alpha value is -3.07. The van der Waals surface area contributed by atoms with Crippen LogP contribution in [0.15, 0.2) is 65.8 Å². The van der Waals surface area contributed by atoms with Gasteiger partial charge in [0.1, 0.15) is 6.33 Å². The molecule has 0 saturated heterocycles. The number of aromatic nitrogens is 4. The van der Waals surface area contributed by atoms with E-state index in [1.54, 1.807) is 42.5 Å². The van der Waals surface area contributed by atoms with E-state index in [1.165, 1.54) is 23.1 Å². The summed E-state index contributed by atoms with van der Waals surface area (Å²) < 4.78 is 25.8. The number of hydrogen-bond donors (Lipinski definition) is 1. The van der Waals surface area contributed by atoms with Gasteiger partial charge in [-0.1, -0.05) is 24.3 Å². The monoisotopic (exact) mass is 357 g/mol. The number of carbonyl (C=O) groups is 1. The molecule has 9 heteroatoms. The number of benzene rings is 2. The largest absolute Gasteiger partial charge is 0.326 e. The van der Waals surface area contributed by atoms with Crippen molar-refractivity contribution in [1.29, 1.82) is 0 Å². The summed E-state index contributed by atoms with van der Waals surface area (Å²) in [5.41, 5.74) is 1.22. The summed E-state index contributed by atoms with van der Waals surface area (Å²) in [5, 5.41) is 13.6. The minimum absolute atomic E-state index is 0.133. The Labute approximate surface area is 144 Å². The Bertz CT molecular complexity index is 956. The number of nitrogens with zero attached hydrogens (tertiary/aromatic N) is 4. The number of hydrogen-bond acceptors (Lipinski definition) is 6. The van der Waals surface area contributed by atoms with E-state index in [0.717, 1.165) is 0 Å². The van der Waals surface area contributed by atoms with E-state index in [2.05, 4.69) is 20.8 Å². The minimum Gasteiger partial charge on any atom is -0.326 e. The lowest BCUT2D eigenvalue weighted by Crippen LogP contribution is -2.17. The zero-order valence-corrected chi connectivity index (χ0v) is 13.9. The third-order valence-electron chi connectivity index (χ3n) is 3.44. The molecule has 0 aliphatic heterocycles. The lowest BCUT2D eigenvalue weighted by Gasteiger charge is -2.08. The normalized spacial score (nSPS) is 11.2. The van der Waals surface area contributed by atoms with Crippen LogP contribution in [0, 0.1) is 0 Å². The summed E-state index contributed by atoms with van der Waals surface area (Å²) in [7, 11) is -3.48. The molecular weight excluding hydrogens is 342 g/mol. The molecule has 0 bridgehead atoms. The topological polar surface area (TPSA) is 107 Å². The van der Waals surface area contributed by atoms with E-state index in [-0.39, 0.29) is 23.0 Å². The Morgan fingerprint density at radius 2 is 1.88 bits per heavy atom. The first-order chi connectivity index (χ1) is 12.0. The molecule has 0 aliphatic carbocycles. The molecule has 2 aromatic carbocycles. The van der Waals surface area contributed by atoms with Crippen molar-refractivity contribution < 1.29 is 13.2 Å². The average Bonchev–Trinajstić information content (AvgIpc) is 3.16. The molecule has 0 spiro atoms. The average molecular weight is 357 g/mol. The molecule has 1 heterocycles. The highest BCUT2D eigenvalue weighted by Crippen LogP contribution is 2.15. The Morgan fingerprint density at radius 1 is 1.08 bits per heavy atom. The van der Waals surface area contributed by atoms with E-state index in [9.17, 15) is 13.2 Å². The van der Waals surface area contributed by atoms with Crippen LogP contribution in [-0.2, 0) is 14.6 Å². The van der Waals surface area contributed by atoms with Crippen molar-refractivity contribution in [2.75, 3.05) is 11.1 Å². The second-order valence-electron chi connectivity index (χ2n) is 5.23. The van der Waals surface area contributed by atoms with Gasteiger partial charge < -0.3 is 5.32 Å². The van der Waals surface area contributed by atoms with Crippen LogP contribution in [-0.4, -0.2) is 40.3 Å². The van der Waals surface area contributed by atoms with E-state index >= 15 is 0 Å². The summed E-state index contributed by atoms with van der Waals surface area (Å²) >= 11 is 0. The van der Waals surface area contributed by atoms with Crippen molar-refractivity contribution >= 4 is 21.4 Å².